The molecule has 9 nitrogen and oxygen atoms in total. The fraction of sp³-hybridized carbons (Fsp3) is 0.300. The standard InChI is InChI=1S/C10H12N6O3/c1-15(2)5-11-10-13-8-6(9(19)14-10)3-12-16(8)4-7(17)18/h3,5H,4H2,1-2H3,(H,17,18)(H,13,14,19). The van der Waals surface area contributed by atoms with E-state index in [1.165, 1.54) is 12.5 Å². The number of hydrogen-bond donors (Lipinski definition) is 2. The number of aromatic nitrogens is 4. The number of hydrogen-bond acceptors (Lipinski definition) is 5. The van der Waals surface area contributed by atoms with Gasteiger partial charge in [-0.3, -0.25) is 14.6 Å². The van der Waals surface area contributed by atoms with Gasteiger partial charge in [0.15, 0.2) is 5.65 Å². The minimum atomic E-state index is -1.06. The van der Waals surface area contributed by atoms with Gasteiger partial charge >= 0.3 is 5.97 Å². The van der Waals surface area contributed by atoms with Crippen LogP contribution in [0.2, 0.25) is 0 Å². The first-order chi connectivity index (χ1) is 8.97. The minimum Gasteiger partial charge on any atom is -0.480 e. The summed E-state index contributed by atoms with van der Waals surface area (Å²) in [7, 11) is 3.55. The summed E-state index contributed by atoms with van der Waals surface area (Å²) in [5, 5.41) is 12.8. The quantitative estimate of drug-likeness (QED) is 0.564. The van der Waals surface area contributed by atoms with Gasteiger partial charge in [0.25, 0.3) is 5.56 Å². The second kappa shape index (κ2) is 4.88. The van der Waals surface area contributed by atoms with Gasteiger partial charge in [0.2, 0.25) is 5.95 Å². The molecule has 2 rings (SSSR count). The van der Waals surface area contributed by atoms with E-state index in [1.54, 1.807) is 19.0 Å². The van der Waals surface area contributed by atoms with Gasteiger partial charge in [0.05, 0.1) is 12.5 Å². The van der Waals surface area contributed by atoms with Crippen molar-refractivity contribution in [3.63, 3.8) is 0 Å². The molecule has 0 aliphatic carbocycles. The van der Waals surface area contributed by atoms with Gasteiger partial charge in [-0.15, -0.1) is 0 Å². The number of carboxylic acids is 1. The van der Waals surface area contributed by atoms with Crippen molar-refractivity contribution in [2.24, 2.45) is 4.99 Å². The van der Waals surface area contributed by atoms with Gasteiger partial charge in [0.1, 0.15) is 11.9 Å². The van der Waals surface area contributed by atoms with Crippen LogP contribution in [0.25, 0.3) is 11.0 Å². The number of aliphatic carboxylic acids is 1. The van der Waals surface area contributed by atoms with Crippen molar-refractivity contribution >= 4 is 29.3 Å². The lowest BCUT2D eigenvalue weighted by Gasteiger charge is -2.02. The van der Waals surface area contributed by atoms with Crippen LogP contribution in [0.5, 0.6) is 0 Å². The van der Waals surface area contributed by atoms with Crippen LogP contribution in [0.15, 0.2) is 16.0 Å². The van der Waals surface area contributed by atoms with E-state index >= 15 is 0 Å². The van der Waals surface area contributed by atoms with Gasteiger partial charge in [0, 0.05) is 14.1 Å². The van der Waals surface area contributed by atoms with Crippen molar-refractivity contribution in [3.05, 3.63) is 16.6 Å². The first-order valence-electron chi connectivity index (χ1n) is 5.35. The van der Waals surface area contributed by atoms with Gasteiger partial charge in [-0.25, -0.2) is 9.67 Å². The second-order valence-electron chi connectivity index (χ2n) is 4.03. The molecule has 0 saturated heterocycles. The van der Waals surface area contributed by atoms with Crippen molar-refractivity contribution in [3.8, 4) is 0 Å². The van der Waals surface area contributed by atoms with Crippen LogP contribution in [0.4, 0.5) is 5.95 Å². The Bertz CT molecular complexity index is 699. The van der Waals surface area contributed by atoms with E-state index in [9.17, 15) is 9.59 Å². The number of nitrogens with zero attached hydrogens (tertiary/aromatic N) is 5. The van der Waals surface area contributed by atoms with Crippen molar-refractivity contribution in [2.45, 2.75) is 6.54 Å². The molecule has 0 aromatic carbocycles. The summed E-state index contributed by atoms with van der Waals surface area (Å²) in [5.41, 5.74) is -0.218. The molecule has 0 unspecified atom stereocenters. The predicted octanol–water partition coefficient (Wildman–Crippen LogP) is -0.574. The smallest absolute Gasteiger partial charge is 0.325 e. The molecule has 9 heteroatoms. The molecular weight excluding hydrogens is 252 g/mol. The van der Waals surface area contributed by atoms with Gasteiger partial charge in [-0.05, 0) is 0 Å². The number of carbonyl (C=O) groups is 1. The summed E-state index contributed by atoms with van der Waals surface area (Å²) in [4.78, 5) is 34.6. The normalized spacial score (nSPS) is 11.3. The lowest BCUT2D eigenvalue weighted by atomic mass is 10.4. The Hall–Kier alpha value is -2.71. The highest BCUT2D eigenvalue weighted by molar-refractivity contribution is 5.76. The van der Waals surface area contributed by atoms with Crippen molar-refractivity contribution in [1.82, 2.24) is 24.6 Å². The van der Waals surface area contributed by atoms with E-state index < -0.39 is 11.5 Å². The average molecular weight is 264 g/mol. The monoisotopic (exact) mass is 264 g/mol. The third kappa shape index (κ3) is 2.76. The molecule has 2 aromatic rings. The van der Waals surface area contributed by atoms with E-state index in [2.05, 4.69) is 20.1 Å². The summed E-state index contributed by atoms with van der Waals surface area (Å²) < 4.78 is 1.14. The molecule has 0 radical (unpaired) electrons. The van der Waals surface area contributed by atoms with Crippen LogP contribution in [0.3, 0.4) is 0 Å². The van der Waals surface area contributed by atoms with Crippen LogP contribution in [0, 0.1) is 0 Å². The third-order valence-electron chi connectivity index (χ3n) is 2.19. The van der Waals surface area contributed by atoms with Crippen LogP contribution in [-0.2, 0) is 11.3 Å². The second-order valence-corrected chi connectivity index (χ2v) is 4.03. The van der Waals surface area contributed by atoms with Gasteiger partial charge in [-0.2, -0.15) is 10.1 Å². The molecule has 19 heavy (non-hydrogen) atoms. The van der Waals surface area contributed by atoms with Gasteiger partial charge in [-0.1, -0.05) is 0 Å². The van der Waals surface area contributed by atoms with E-state index in [0.717, 1.165) is 4.68 Å². The summed E-state index contributed by atoms with van der Waals surface area (Å²) in [6, 6.07) is 0. The number of H-pyrrole nitrogens is 1. The Balaban J connectivity index is 2.52. The fourth-order valence-electron chi connectivity index (χ4n) is 1.43. The highest BCUT2D eigenvalue weighted by Gasteiger charge is 2.11. The number of carboxylic acid groups (broad SMARTS) is 1. The largest absolute Gasteiger partial charge is 0.480 e. The fourth-order valence-corrected chi connectivity index (χ4v) is 1.43. The Kier molecular flexibility index (Phi) is 3.27. The van der Waals surface area contributed by atoms with Crippen LogP contribution in [-0.4, -0.2) is 56.2 Å². The number of aromatic amines is 1. The molecule has 0 atom stereocenters. The molecule has 0 fully saturated rings. The molecule has 0 saturated carbocycles. The summed E-state index contributed by atoms with van der Waals surface area (Å²) in [6.45, 7) is -0.364. The van der Waals surface area contributed by atoms with E-state index in [-0.39, 0.29) is 23.5 Å². The average Bonchev–Trinajstić information content (AvgIpc) is 2.70. The molecule has 100 valence electrons. The van der Waals surface area contributed by atoms with E-state index in [1.807, 2.05) is 0 Å². The van der Waals surface area contributed by atoms with Crippen molar-refractivity contribution < 1.29 is 9.90 Å². The molecule has 0 aliphatic heterocycles. The Morgan fingerprint density at radius 2 is 2.37 bits per heavy atom. The van der Waals surface area contributed by atoms with Crippen molar-refractivity contribution in [2.75, 3.05) is 14.1 Å². The zero-order chi connectivity index (χ0) is 14.0. The summed E-state index contributed by atoms with van der Waals surface area (Å²) >= 11 is 0. The Morgan fingerprint density at radius 3 is 3.00 bits per heavy atom. The van der Waals surface area contributed by atoms with Crippen LogP contribution < -0.4 is 5.56 Å². The molecule has 2 aromatic heterocycles. The third-order valence-corrected chi connectivity index (χ3v) is 2.19. The maximum absolute atomic E-state index is 11.8. The SMILES string of the molecule is CN(C)C=Nc1nc2c(cnn2CC(=O)O)c(=O)[nH]1. The van der Waals surface area contributed by atoms with E-state index in [4.69, 9.17) is 5.11 Å². The summed E-state index contributed by atoms with van der Waals surface area (Å²) in [6.07, 6.45) is 2.76. The highest BCUT2D eigenvalue weighted by Crippen LogP contribution is 2.09. The van der Waals surface area contributed by atoms with Crippen LogP contribution in [0.1, 0.15) is 0 Å². The molecule has 0 spiro atoms. The lowest BCUT2D eigenvalue weighted by molar-refractivity contribution is -0.137. The van der Waals surface area contributed by atoms with Crippen LogP contribution >= 0.6 is 0 Å². The maximum atomic E-state index is 11.8. The molecule has 2 heterocycles. The Labute approximate surface area is 107 Å². The molecule has 0 amide bonds. The molecule has 0 bridgehead atoms. The molecular formula is C10H12N6O3. The van der Waals surface area contributed by atoms with E-state index in [0.29, 0.717) is 0 Å². The van der Waals surface area contributed by atoms with Crippen molar-refractivity contribution in [1.29, 1.82) is 0 Å². The number of fused-ring (bicyclic) bond motifs is 1. The number of nitrogens with one attached hydrogen (secondary N) is 1. The first kappa shape index (κ1) is 12.7. The number of rotatable bonds is 4. The molecule has 2 N–H and O–H groups in total. The zero-order valence-electron chi connectivity index (χ0n) is 10.4. The minimum absolute atomic E-state index is 0.0957. The number of aliphatic imine (C=N–C) groups is 1. The first-order valence-corrected chi connectivity index (χ1v) is 5.35. The maximum Gasteiger partial charge on any atom is 0.325 e. The lowest BCUT2D eigenvalue weighted by Crippen LogP contribution is -2.13. The zero-order valence-corrected chi connectivity index (χ0v) is 10.4. The highest BCUT2D eigenvalue weighted by atomic mass is 16.4. The topological polar surface area (TPSA) is 116 Å². The predicted molar refractivity (Wildman–Crippen MR) is 67.6 cm³/mol. The molecule has 0 aliphatic rings. The summed E-state index contributed by atoms with van der Waals surface area (Å²) in [5.74, 6) is -0.969. The van der Waals surface area contributed by atoms with Gasteiger partial charge < -0.3 is 10.0 Å². The Morgan fingerprint density at radius 1 is 1.63 bits per heavy atom.